The molecule has 21 heavy (non-hydrogen) atoms. The van der Waals surface area contributed by atoms with E-state index < -0.39 is 0 Å². The number of benzene rings is 2. The van der Waals surface area contributed by atoms with Gasteiger partial charge in [0.1, 0.15) is 0 Å². The van der Waals surface area contributed by atoms with E-state index in [4.69, 9.17) is 0 Å². The molecule has 108 valence electrons. The Labute approximate surface area is 122 Å². The Bertz CT molecular complexity index is 708. The van der Waals surface area contributed by atoms with Gasteiger partial charge < -0.3 is 10.2 Å². The maximum atomic E-state index is 12.0. The third-order valence-electron chi connectivity index (χ3n) is 3.12. The van der Waals surface area contributed by atoms with Gasteiger partial charge in [-0.15, -0.1) is 0 Å². The molecule has 0 aromatic heterocycles. The van der Waals surface area contributed by atoms with Crippen LogP contribution in [0.1, 0.15) is 28.4 Å². The van der Waals surface area contributed by atoms with Crippen molar-refractivity contribution in [2.24, 2.45) is 5.10 Å². The molecule has 5 heteroatoms. The van der Waals surface area contributed by atoms with E-state index in [0.29, 0.717) is 16.8 Å². The number of carbonyl (C=O) groups is 1. The van der Waals surface area contributed by atoms with Crippen LogP contribution >= 0.6 is 0 Å². The van der Waals surface area contributed by atoms with Gasteiger partial charge in [-0.2, -0.15) is 5.10 Å². The number of rotatable bonds is 3. The van der Waals surface area contributed by atoms with Gasteiger partial charge in [0.25, 0.3) is 5.91 Å². The zero-order valence-corrected chi connectivity index (χ0v) is 11.8. The van der Waals surface area contributed by atoms with E-state index in [1.54, 1.807) is 31.2 Å². The molecule has 2 aromatic carbocycles. The van der Waals surface area contributed by atoms with Crippen LogP contribution in [-0.4, -0.2) is 21.8 Å². The summed E-state index contributed by atoms with van der Waals surface area (Å²) in [5.74, 6) is -0.816. The maximum Gasteiger partial charge on any atom is 0.271 e. The van der Waals surface area contributed by atoms with Crippen molar-refractivity contribution in [2.45, 2.75) is 13.8 Å². The predicted molar refractivity (Wildman–Crippen MR) is 80.6 cm³/mol. The van der Waals surface area contributed by atoms with Crippen LogP contribution in [0, 0.1) is 6.92 Å². The lowest BCUT2D eigenvalue weighted by molar-refractivity contribution is 0.0954. The number of para-hydroxylation sites is 1. The number of amides is 1. The van der Waals surface area contributed by atoms with Crippen molar-refractivity contribution < 1.29 is 15.0 Å². The number of hydrazone groups is 1. The zero-order valence-electron chi connectivity index (χ0n) is 11.8. The highest BCUT2D eigenvalue weighted by molar-refractivity contribution is 6.03. The van der Waals surface area contributed by atoms with Crippen LogP contribution in [0.25, 0.3) is 0 Å². The Balaban J connectivity index is 2.19. The molecular weight excluding hydrogens is 268 g/mol. The molecule has 0 fully saturated rings. The number of phenols is 2. The second-order valence-electron chi connectivity index (χ2n) is 4.63. The number of aromatic hydroxyl groups is 2. The smallest absolute Gasteiger partial charge is 0.271 e. The van der Waals surface area contributed by atoms with Gasteiger partial charge in [0.05, 0.1) is 5.71 Å². The normalized spacial score (nSPS) is 11.2. The van der Waals surface area contributed by atoms with Crippen LogP contribution in [0.2, 0.25) is 0 Å². The largest absolute Gasteiger partial charge is 0.504 e. The van der Waals surface area contributed by atoms with Crippen molar-refractivity contribution in [3.8, 4) is 11.5 Å². The summed E-state index contributed by atoms with van der Waals surface area (Å²) in [5, 5.41) is 23.2. The molecule has 0 saturated carbocycles. The first-order chi connectivity index (χ1) is 10.0. The Morgan fingerprint density at radius 1 is 1.05 bits per heavy atom. The first-order valence-electron chi connectivity index (χ1n) is 6.42. The number of hydrogen-bond acceptors (Lipinski definition) is 4. The molecular formula is C16H16N2O3. The fourth-order valence-electron chi connectivity index (χ4n) is 1.91. The number of aryl methyl sites for hydroxylation is 1. The lowest BCUT2D eigenvalue weighted by Crippen LogP contribution is -2.20. The van der Waals surface area contributed by atoms with Crippen LogP contribution < -0.4 is 5.43 Å². The van der Waals surface area contributed by atoms with E-state index in [9.17, 15) is 15.0 Å². The molecule has 5 nitrogen and oxygen atoms in total. The average Bonchev–Trinajstić information content (AvgIpc) is 2.47. The SMILES string of the molecule is C/C(=N\NC(=O)c1ccccc1C)c1cccc(O)c1O. The van der Waals surface area contributed by atoms with Crippen molar-refractivity contribution in [3.63, 3.8) is 0 Å². The van der Waals surface area contributed by atoms with E-state index in [1.807, 2.05) is 19.1 Å². The van der Waals surface area contributed by atoms with Gasteiger partial charge in [-0.3, -0.25) is 4.79 Å². The molecule has 0 radical (unpaired) electrons. The maximum absolute atomic E-state index is 12.0. The predicted octanol–water partition coefficient (Wildman–Crippen LogP) is 2.56. The Morgan fingerprint density at radius 2 is 1.71 bits per heavy atom. The Hall–Kier alpha value is -2.82. The Kier molecular flexibility index (Phi) is 4.23. The minimum atomic E-state index is -0.327. The van der Waals surface area contributed by atoms with Gasteiger partial charge >= 0.3 is 0 Å². The van der Waals surface area contributed by atoms with Gasteiger partial charge in [-0.25, -0.2) is 5.43 Å². The molecule has 2 aromatic rings. The monoisotopic (exact) mass is 284 g/mol. The van der Waals surface area contributed by atoms with E-state index in [1.165, 1.54) is 6.07 Å². The van der Waals surface area contributed by atoms with E-state index >= 15 is 0 Å². The first kappa shape index (κ1) is 14.6. The molecule has 0 atom stereocenters. The summed E-state index contributed by atoms with van der Waals surface area (Å²) in [6, 6.07) is 11.7. The lowest BCUT2D eigenvalue weighted by Gasteiger charge is -2.07. The molecule has 0 aliphatic rings. The summed E-state index contributed by atoms with van der Waals surface area (Å²) in [7, 11) is 0. The summed E-state index contributed by atoms with van der Waals surface area (Å²) in [6.45, 7) is 3.47. The Morgan fingerprint density at radius 3 is 2.43 bits per heavy atom. The molecule has 0 saturated heterocycles. The van der Waals surface area contributed by atoms with Crippen molar-refractivity contribution in [1.29, 1.82) is 0 Å². The molecule has 1 amide bonds. The lowest BCUT2D eigenvalue weighted by atomic mass is 10.1. The highest BCUT2D eigenvalue weighted by Crippen LogP contribution is 2.28. The first-order valence-corrected chi connectivity index (χ1v) is 6.42. The summed E-state index contributed by atoms with van der Waals surface area (Å²) in [4.78, 5) is 12.0. The second kappa shape index (κ2) is 6.09. The van der Waals surface area contributed by atoms with Gasteiger partial charge in [0.2, 0.25) is 0 Å². The molecule has 0 spiro atoms. The van der Waals surface area contributed by atoms with Crippen LogP contribution in [0.4, 0.5) is 0 Å². The summed E-state index contributed by atoms with van der Waals surface area (Å²) >= 11 is 0. The van der Waals surface area contributed by atoms with Gasteiger partial charge in [-0.1, -0.05) is 24.3 Å². The highest BCUT2D eigenvalue weighted by atomic mass is 16.3. The number of hydrogen-bond donors (Lipinski definition) is 3. The molecule has 0 bridgehead atoms. The molecule has 2 rings (SSSR count). The fourth-order valence-corrected chi connectivity index (χ4v) is 1.91. The zero-order chi connectivity index (χ0) is 15.4. The number of phenolic OH excluding ortho intramolecular Hbond substituents is 2. The summed E-state index contributed by atoms with van der Waals surface area (Å²) < 4.78 is 0. The van der Waals surface area contributed by atoms with Crippen molar-refractivity contribution in [1.82, 2.24) is 5.43 Å². The molecule has 3 N–H and O–H groups in total. The van der Waals surface area contributed by atoms with Crippen molar-refractivity contribution >= 4 is 11.6 Å². The fraction of sp³-hybridized carbons (Fsp3) is 0.125. The van der Waals surface area contributed by atoms with E-state index in [0.717, 1.165) is 5.56 Å². The molecule has 0 heterocycles. The van der Waals surface area contributed by atoms with Crippen LogP contribution in [0.3, 0.4) is 0 Å². The summed E-state index contributed by atoms with van der Waals surface area (Å²) in [6.07, 6.45) is 0. The van der Waals surface area contributed by atoms with Crippen LogP contribution in [-0.2, 0) is 0 Å². The highest BCUT2D eigenvalue weighted by Gasteiger charge is 2.10. The number of nitrogens with one attached hydrogen (secondary N) is 1. The van der Waals surface area contributed by atoms with Gasteiger partial charge in [-0.05, 0) is 37.6 Å². The van der Waals surface area contributed by atoms with E-state index in [2.05, 4.69) is 10.5 Å². The van der Waals surface area contributed by atoms with Crippen LogP contribution in [0.15, 0.2) is 47.6 Å². The minimum absolute atomic E-state index is 0.229. The van der Waals surface area contributed by atoms with Gasteiger partial charge in [0.15, 0.2) is 11.5 Å². The third kappa shape index (κ3) is 3.20. The number of carbonyl (C=O) groups excluding carboxylic acids is 1. The molecule has 0 unspecified atom stereocenters. The quantitative estimate of drug-likeness (QED) is 0.460. The number of nitrogens with zero attached hydrogens (tertiary/aromatic N) is 1. The topological polar surface area (TPSA) is 81.9 Å². The minimum Gasteiger partial charge on any atom is -0.504 e. The van der Waals surface area contributed by atoms with Crippen molar-refractivity contribution in [3.05, 3.63) is 59.2 Å². The average molecular weight is 284 g/mol. The van der Waals surface area contributed by atoms with E-state index in [-0.39, 0.29) is 17.4 Å². The third-order valence-corrected chi connectivity index (χ3v) is 3.12. The van der Waals surface area contributed by atoms with Crippen molar-refractivity contribution in [2.75, 3.05) is 0 Å². The van der Waals surface area contributed by atoms with Gasteiger partial charge in [0, 0.05) is 11.1 Å². The van der Waals surface area contributed by atoms with Crippen LogP contribution in [0.5, 0.6) is 11.5 Å². The second-order valence-corrected chi connectivity index (χ2v) is 4.63. The molecule has 0 aliphatic carbocycles. The standard InChI is InChI=1S/C16H16N2O3/c1-10-6-3-4-7-12(10)16(21)18-17-11(2)13-8-5-9-14(19)15(13)20/h3-9,19-20H,1-2H3,(H,18,21)/b17-11+. The molecule has 0 aliphatic heterocycles. The summed E-state index contributed by atoms with van der Waals surface area (Å²) in [5.41, 5.74) is 4.58.